The summed E-state index contributed by atoms with van der Waals surface area (Å²) in [5.41, 5.74) is 0. The van der Waals surface area contributed by atoms with Gasteiger partial charge in [0.05, 0.1) is 6.20 Å². The summed E-state index contributed by atoms with van der Waals surface area (Å²) < 4.78 is 0. The lowest BCUT2D eigenvalue weighted by atomic mass is 10.2. The SMILES string of the molecule is CC(=O)N1CCN(C(=O)C[NH+]2CCN(c3cccc[nH+]3)CC2)CC1. The first-order valence-corrected chi connectivity index (χ1v) is 8.72. The molecule has 0 aromatic carbocycles. The summed E-state index contributed by atoms with van der Waals surface area (Å²) in [5, 5.41) is 0. The van der Waals surface area contributed by atoms with E-state index in [2.05, 4.69) is 16.0 Å². The Morgan fingerprint density at radius 2 is 1.71 bits per heavy atom. The third-order valence-electron chi connectivity index (χ3n) is 4.98. The topological polar surface area (TPSA) is 62.4 Å². The molecule has 2 fully saturated rings. The summed E-state index contributed by atoms with van der Waals surface area (Å²) in [5.74, 6) is 1.46. The van der Waals surface area contributed by atoms with Crippen molar-refractivity contribution in [1.29, 1.82) is 0 Å². The Balaban J connectivity index is 1.43. The van der Waals surface area contributed by atoms with Crippen molar-refractivity contribution in [2.24, 2.45) is 0 Å². The molecule has 1 aromatic heterocycles. The number of anilines is 1. The van der Waals surface area contributed by atoms with Gasteiger partial charge < -0.3 is 14.7 Å². The summed E-state index contributed by atoms with van der Waals surface area (Å²) in [6, 6.07) is 6.11. The molecular formula is C17H27N5O2+2. The number of H-pyrrole nitrogens is 1. The predicted octanol–water partition coefficient (Wildman–Crippen LogP) is -2.10. The summed E-state index contributed by atoms with van der Waals surface area (Å²) >= 11 is 0. The minimum atomic E-state index is 0.0987. The van der Waals surface area contributed by atoms with Crippen LogP contribution in [0.15, 0.2) is 24.4 Å². The zero-order valence-electron chi connectivity index (χ0n) is 14.3. The van der Waals surface area contributed by atoms with Crippen LogP contribution in [0.5, 0.6) is 0 Å². The Morgan fingerprint density at radius 1 is 1.04 bits per heavy atom. The van der Waals surface area contributed by atoms with E-state index in [0.717, 1.165) is 32.0 Å². The van der Waals surface area contributed by atoms with Crippen molar-refractivity contribution < 1.29 is 19.5 Å². The highest BCUT2D eigenvalue weighted by Crippen LogP contribution is 2.05. The molecule has 2 N–H and O–H groups in total. The molecule has 2 aliphatic heterocycles. The fourth-order valence-electron chi connectivity index (χ4n) is 3.42. The van der Waals surface area contributed by atoms with Gasteiger partial charge in [-0.2, -0.15) is 0 Å². The van der Waals surface area contributed by atoms with E-state index in [4.69, 9.17) is 0 Å². The Morgan fingerprint density at radius 3 is 2.29 bits per heavy atom. The summed E-state index contributed by atoms with van der Waals surface area (Å²) in [4.78, 5) is 34.5. The maximum atomic E-state index is 12.5. The molecule has 0 unspecified atom stereocenters. The predicted molar refractivity (Wildman–Crippen MR) is 89.6 cm³/mol. The fraction of sp³-hybridized carbons (Fsp3) is 0.588. The molecule has 0 bridgehead atoms. The zero-order valence-corrected chi connectivity index (χ0v) is 14.3. The molecule has 0 saturated carbocycles. The number of carbonyl (C=O) groups excluding carboxylic acids is 2. The number of rotatable bonds is 3. The molecule has 0 spiro atoms. The van der Waals surface area contributed by atoms with Gasteiger partial charge in [0, 0.05) is 39.2 Å². The number of hydrogen-bond acceptors (Lipinski definition) is 3. The molecule has 2 aliphatic rings. The van der Waals surface area contributed by atoms with Crippen molar-refractivity contribution in [3.63, 3.8) is 0 Å². The number of carbonyl (C=O) groups is 2. The Bertz CT molecular complexity index is 564. The molecule has 7 heteroatoms. The largest absolute Gasteiger partial charge is 0.339 e. The van der Waals surface area contributed by atoms with Gasteiger partial charge in [-0.15, -0.1) is 0 Å². The lowest BCUT2D eigenvalue weighted by Gasteiger charge is -2.35. The molecule has 24 heavy (non-hydrogen) atoms. The number of nitrogens with zero attached hydrogens (tertiary/aromatic N) is 3. The molecule has 0 atom stereocenters. The number of piperazine rings is 2. The van der Waals surface area contributed by atoms with Crippen molar-refractivity contribution in [3.8, 4) is 0 Å². The van der Waals surface area contributed by atoms with Crippen molar-refractivity contribution in [1.82, 2.24) is 9.80 Å². The fourth-order valence-corrected chi connectivity index (χ4v) is 3.42. The van der Waals surface area contributed by atoms with E-state index in [0.29, 0.717) is 32.7 Å². The molecule has 2 saturated heterocycles. The second-order valence-electron chi connectivity index (χ2n) is 6.55. The van der Waals surface area contributed by atoms with Crippen LogP contribution in [0.1, 0.15) is 6.92 Å². The smallest absolute Gasteiger partial charge is 0.277 e. The van der Waals surface area contributed by atoms with E-state index < -0.39 is 0 Å². The van der Waals surface area contributed by atoms with Crippen molar-refractivity contribution in [2.75, 3.05) is 63.8 Å². The highest BCUT2D eigenvalue weighted by Gasteiger charge is 2.30. The standard InChI is InChI=1S/C17H25N5O2/c1-15(23)20-10-12-22(13-11-20)17(24)14-19-6-8-21(9-7-19)16-4-2-3-5-18-16/h2-5H,6-14H2,1H3/p+2. The van der Waals surface area contributed by atoms with Crippen molar-refractivity contribution in [2.45, 2.75) is 6.92 Å². The van der Waals surface area contributed by atoms with E-state index in [1.165, 1.54) is 4.90 Å². The van der Waals surface area contributed by atoms with Gasteiger partial charge in [0.1, 0.15) is 26.2 Å². The van der Waals surface area contributed by atoms with E-state index in [1.807, 2.05) is 28.1 Å². The number of aromatic nitrogens is 1. The Hall–Kier alpha value is -2.15. The van der Waals surface area contributed by atoms with Crippen LogP contribution in [-0.2, 0) is 9.59 Å². The monoisotopic (exact) mass is 333 g/mol. The first-order chi connectivity index (χ1) is 11.6. The van der Waals surface area contributed by atoms with Crippen LogP contribution in [0, 0.1) is 0 Å². The van der Waals surface area contributed by atoms with Gasteiger partial charge in [0.2, 0.25) is 5.91 Å². The van der Waals surface area contributed by atoms with Crippen LogP contribution in [0.25, 0.3) is 0 Å². The van der Waals surface area contributed by atoms with Crippen LogP contribution in [0.3, 0.4) is 0 Å². The third kappa shape index (κ3) is 4.03. The van der Waals surface area contributed by atoms with Crippen molar-refractivity contribution in [3.05, 3.63) is 24.4 Å². The molecule has 1 aromatic rings. The summed E-state index contributed by atoms with van der Waals surface area (Å²) in [7, 11) is 0. The molecular weight excluding hydrogens is 306 g/mol. The maximum absolute atomic E-state index is 12.5. The number of aromatic amines is 1. The van der Waals surface area contributed by atoms with E-state index in [1.54, 1.807) is 6.92 Å². The van der Waals surface area contributed by atoms with Gasteiger partial charge in [0.25, 0.3) is 11.7 Å². The van der Waals surface area contributed by atoms with Crippen LogP contribution in [0.2, 0.25) is 0 Å². The summed E-state index contributed by atoms with van der Waals surface area (Å²) in [6.45, 7) is 8.67. The van der Waals surface area contributed by atoms with Gasteiger partial charge >= 0.3 is 0 Å². The highest BCUT2D eigenvalue weighted by molar-refractivity contribution is 5.78. The average Bonchev–Trinajstić information content (AvgIpc) is 2.63. The third-order valence-corrected chi connectivity index (χ3v) is 4.98. The van der Waals surface area contributed by atoms with Crippen LogP contribution in [-0.4, -0.2) is 80.5 Å². The van der Waals surface area contributed by atoms with Gasteiger partial charge in [-0.25, -0.2) is 4.98 Å². The minimum absolute atomic E-state index is 0.0987. The molecule has 2 amide bonds. The number of nitrogens with one attached hydrogen (secondary N) is 2. The molecule has 0 radical (unpaired) electrons. The lowest BCUT2D eigenvalue weighted by Crippen LogP contribution is -3.16. The zero-order chi connectivity index (χ0) is 16.9. The molecule has 0 aliphatic carbocycles. The highest BCUT2D eigenvalue weighted by atomic mass is 16.2. The second-order valence-corrected chi connectivity index (χ2v) is 6.55. The van der Waals surface area contributed by atoms with Crippen LogP contribution in [0.4, 0.5) is 5.82 Å². The molecule has 7 nitrogen and oxygen atoms in total. The second kappa shape index (κ2) is 7.61. The average molecular weight is 333 g/mol. The van der Waals surface area contributed by atoms with Gasteiger partial charge in [-0.1, -0.05) is 6.07 Å². The van der Waals surface area contributed by atoms with E-state index >= 15 is 0 Å². The summed E-state index contributed by atoms with van der Waals surface area (Å²) in [6.07, 6.45) is 1.94. The molecule has 130 valence electrons. The van der Waals surface area contributed by atoms with Gasteiger partial charge in [-0.05, 0) is 6.07 Å². The Labute approximate surface area is 142 Å². The normalized spacial score (nSPS) is 19.5. The minimum Gasteiger partial charge on any atom is -0.339 e. The number of hydrogen-bond donors (Lipinski definition) is 1. The van der Waals surface area contributed by atoms with Crippen LogP contribution < -0.4 is 14.8 Å². The Kier molecular flexibility index (Phi) is 5.30. The quantitative estimate of drug-likeness (QED) is 0.689. The number of quaternary nitrogens is 1. The van der Waals surface area contributed by atoms with Crippen molar-refractivity contribution >= 4 is 17.6 Å². The van der Waals surface area contributed by atoms with Gasteiger partial charge in [0.15, 0.2) is 6.54 Å². The molecule has 3 rings (SSSR count). The first-order valence-electron chi connectivity index (χ1n) is 8.72. The van der Waals surface area contributed by atoms with E-state index in [-0.39, 0.29) is 11.8 Å². The number of pyridine rings is 1. The first kappa shape index (κ1) is 16.7. The van der Waals surface area contributed by atoms with Crippen LogP contribution >= 0.6 is 0 Å². The molecule has 3 heterocycles. The lowest BCUT2D eigenvalue weighted by molar-refractivity contribution is -0.892. The van der Waals surface area contributed by atoms with E-state index in [9.17, 15) is 9.59 Å². The maximum Gasteiger partial charge on any atom is 0.277 e. The number of amides is 2. The van der Waals surface area contributed by atoms with Gasteiger partial charge in [-0.3, -0.25) is 14.5 Å².